The van der Waals surface area contributed by atoms with Crippen molar-refractivity contribution in [3.05, 3.63) is 36.4 Å². The molecule has 1 aromatic carbocycles. The molecule has 1 aromatic rings. The first-order valence-electron chi connectivity index (χ1n) is 21.2. The molecular weight excluding hydrogens is 938 g/mol. The number of nitrogens with one attached hydrogen (secondary N) is 5. The van der Waals surface area contributed by atoms with Crippen LogP contribution in [0.5, 0.6) is 11.5 Å². The second kappa shape index (κ2) is 27.1. The van der Waals surface area contributed by atoms with Gasteiger partial charge in [0, 0.05) is 50.9 Å². The topological polar surface area (TPSA) is 388 Å². The maximum atomic E-state index is 14.6. The summed E-state index contributed by atoms with van der Waals surface area (Å²) in [5.74, 6) is -9.07. The molecule has 7 amide bonds. The van der Waals surface area contributed by atoms with E-state index in [2.05, 4.69) is 42.5 Å². The number of hydrogen-bond acceptors (Lipinski definition) is 20. The minimum Gasteiger partial charge on any atom is -0.691 e. The molecule has 3 aliphatic heterocycles. The van der Waals surface area contributed by atoms with Crippen LogP contribution in [0.15, 0.2) is 30.9 Å². The van der Waals surface area contributed by atoms with E-state index in [4.69, 9.17) is 8.92 Å². The molecular formula is C40H58N7NaO19S. The van der Waals surface area contributed by atoms with Gasteiger partial charge in [0.1, 0.15) is 36.8 Å². The van der Waals surface area contributed by atoms with Gasteiger partial charge in [-0.15, -0.1) is 4.33 Å². The van der Waals surface area contributed by atoms with E-state index in [0.717, 1.165) is 21.9 Å². The molecule has 0 aliphatic carbocycles. The Labute approximate surface area is 416 Å². The molecule has 3 fully saturated rings. The van der Waals surface area contributed by atoms with Crippen LogP contribution in [0.4, 0.5) is 4.79 Å². The van der Waals surface area contributed by atoms with Crippen molar-refractivity contribution in [2.75, 3.05) is 32.8 Å². The van der Waals surface area contributed by atoms with E-state index >= 15 is 0 Å². The van der Waals surface area contributed by atoms with Crippen molar-refractivity contribution >= 4 is 53.9 Å². The Morgan fingerprint density at radius 2 is 1.57 bits per heavy atom. The molecule has 4 rings (SSSR count). The van der Waals surface area contributed by atoms with Crippen molar-refractivity contribution in [2.24, 2.45) is 11.8 Å². The Morgan fingerprint density at radius 1 is 0.912 bits per heavy atom. The number of rotatable bonds is 14. The number of ether oxygens (including phenoxy) is 1. The Bertz CT molecular complexity index is 1940. The molecule has 0 radical (unpaired) electrons. The maximum absolute atomic E-state index is 14.6. The van der Waals surface area contributed by atoms with Gasteiger partial charge in [0.15, 0.2) is 11.5 Å². The van der Waals surface area contributed by atoms with Crippen LogP contribution in [0.1, 0.15) is 45.6 Å². The van der Waals surface area contributed by atoms with E-state index in [-0.39, 0.29) is 79.3 Å². The third-order valence-corrected chi connectivity index (χ3v) is 11.7. The van der Waals surface area contributed by atoms with E-state index in [0.29, 0.717) is 0 Å². The number of benzene rings is 1. The normalized spacial score (nSPS) is 29.0. The predicted octanol–water partition coefficient (Wildman–Crippen LogP) is -8.35. The minimum atomic E-state index is -2.10. The number of phenols is 1. The molecule has 0 saturated carbocycles. The molecule has 1 unspecified atom stereocenters. The van der Waals surface area contributed by atoms with Gasteiger partial charge >= 0.3 is 35.7 Å². The number of aromatic hydroxyl groups is 1. The summed E-state index contributed by atoms with van der Waals surface area (Å²) in [5.41, 5.74) is 0.118. The fourth-order valence-electron chi connectivity index (χ4n) is 7.82. The zero-order valence-corrected chi connectivity index (χ0v) is 40.5. The summed E-state index contributed by atoms with van der Waals surface area (Å²) >= 11 is 0.0180. The number of nitrogens with zero attached hydrogens (tertiary/aromatic N) is 2. The van der Waals surface area contributed by atoms with Crippen molar-refractivity contribution in [1.29, 1.82) is 0 Å². The van der Waals surface area contributed by atoms with Crippen LogP contribution in [-0.4, -0.2) is 187 Å². The quantitative estimate of drug-likeness (QED) is 0.0206. The monoisotopic (exact) mass is 995 g/mol. The summed E-state index contributed by atoms with van der Waals surface area (Å²) in [4.78, 5) is 98.4. The molecule has 374 valence electrons. The number of alkyl carbamates (subject to hydrolysis) is 1. The number of phenolic OH excluding ortho intramolecular Hbond substituents is 1. The summed E-state index contributed by atoms with van der Waals surface area (Å²) in [6, 6.07) is -5.58. The van der Waals surface area contributed by atoms with E-state index in [1.807, 2.05) is 0 Å². The molecule has 12 N–H and O–H groups in total. The zero-order chi connectivity index (χ0) is 49.7. The molecule has 13 atom stereocenters. The van der Waals surface area contributed by atoms with Gasteiger partial charge in [0.25, 0.3) is 12.3 Å². The number of aliphatic hydroxyl groups excluding tert-OH is 6. The molecule has 3 aliphatic rings. The number of β-amino-alcohol motifs (C(OH)–C–C–N with tert-alkyl or cyclic N) is 1. The maximum Gasteiger partial charge on any atom is 1.00 e. The molecule has 3 saturated heterocycles. The van der Waals surface area contributed by atoms with Gasteiger partial charge < -0.3 is 86.3 Å². The second-order valence-electron chi connectivity index (χ2n) is 16.6. The summed E-state index contributed by atoms with van der Waals surface area (Å²) < 4.78 is 14.0. The van der Waals surface area contributed by atoms with E-state index in [1.54, 1.807) is 0 Å². The summed E-state index contributed by atoms with van der Waals surface area (Å²) in [6.07, 6.45) is -11.1. The number of carbonyl (C=O) groups is 7. The Hall–Kier alpha value is -4.36. The van der Waals surface area contributed by atoms with Crippen molar-refractivity contribution in [3.63, 3.8) is 0 Å². The molecule has 3 heterocycles. The standard InChI is InChI=1S/C40H59N7O19S.Na/c1-5-10-63-40(61)41-9-8-26(52)31-39(60)47-16-19(3)33(54)32(47)37(58)42-15-22(49)11-18(2)34(55)43-29(20(4)48)38(59)46-17-23(50)14-24(46)35(56)44-30(36(57)45-31)27(53)12-21-6-7-25(51)28(13-21)64-67-66-65-62;/h5-7,13,18-20,22-24,26-27,29-33,48-54,62H,1,8-12,14-17H2,2-4H3,(H,41,61)(H,42,58)(H,43,55)(H,44,56)(H,45,57);/q;+1/p-1/t18?,19-,20+,22+,23+,24-,26+,27+,29-,30-,31-,32-,33-;/m0./s1. The van der Waals surface area contributed by atoms with Crippen LogP contribution in [0.2, 0.25) is 0 Å². The fourth-order valence-corrected chi connectivity index (χ4v) is 8.08. The Morgan fingerprint density at radius 3 is 2.24 bits per heavy atom. The van der Waals surface area contributed by atoms with Crippen molar-refractivity contribution < 1.29 is 122 Å². The van der Waals surface area contributed by atoms with E-state index < -0.39 is 158 Å². The summed E-state index contributed by atoms with van der Waals surface area (Å²) in [6.45, 7) is 5.71. The summed E-state index contributed by atoms with van der Waals surface area (Å²) in [5, 5.41) is 102. The smallest absolute Gasteiger partial charge is 0.691 e. The average molecular weight is 996 g/mol. The zero-order valence-electron chi connectivity index (χ0n) is 37.7. The van der Waals surface area contributed by atoms with Crippen molar-refractivity contribution in [2.45, 2.75) is 113 Å². The van der Waals surface area contributed by atoms with E-state index in [1.165, 1.54) is 32.9 Å². The van der Waals surface area contributed by atoms with Gasteiger partial charge in [-0.25, -0.2) is 4.79 Å². The molecule has 68 heavy (non-hydrogen) atoms. The Kier molecular flexibility index (Phi) is 23.1. The third-order valence-electron chi connectivity index (χ3n) is 11.4. The molecule has 28 heteroatoms. The molecule has 26 nitrogen and oxygen atoms in total. The van der Waals surface area contributed by atoms with Gasteiger partial charge in [0.05, 0.1) is 36.6 Å². The van der Waals surface area contributed by atoms with Crippen LogP contribution in [-0.2, 0) is 49.3 Å². The first kappa shape index (κ1) is 58.0. The first-order chi connectivity index (χ1) is 31.7. The van der Waals surface area contributed by atoms with Gasteiger partial charge in [-0.2, -0.15) is 0 Å². The SMILES string of the molecule is C=CCOC(=O)NCC[C@@H](O)[C@@H]1NC(=O)[C@H]([C@H](O)Cc2ccc(O)c(OSOO[O-])c2)NC(=O)[C@@H]2C[C@@H](O)CN2C(=O)[C@H]([C@@H](C)O)NC(=O)C(C)C[C@@H](O)CNC(=O)[C@@H]2[C@@H](O)[C@@H](C)CN2C1=O.[Na+]. The van der Waals surface area contributed by atoms with Crippen molar-refractivity contribution in [1.82, 2.24) is 36.4 Å². The minimum absolute atomic E-state index is 0. The number of carbonyl (C=O) groups excluding carboxylic acids is 7. The van der Waals surface area contributed by atoms with Crippen LogP contribution < -0.4 is 65.6 Å². The van der Waals surface area contributed by atoms with Crippen LogP contribution in [0.25, 0.3) is 0 Å². The van der Waals surface area contributed by atoms with Gasteiger partial charge in [-0.1, -0.05) is 32.6 Å². The number of aliphatic hydroxyl groups is 6. The average Bonchev–Trinajstić information content (AvgIpc) is 3.82. The molecule has 0 spiro atoms. The van der Waals surface area contributed by atoms with Gasteiger partial charge in [-0.05, 0) is 37.5 Å². The fraction of sp³-hybridized carbons (Fsp3) is 0.625. The van der Waals surface area contributed by atoms with Crippen LogP contribution in [0.3, 0.4) is 0 Å². The van der Waals surface area contributed by atoms with Gasteiger partial charge in [0.2, 0.25) is 35.4 Å². The summed E-state index contributed by atoms with van der Waals surface area (Å²) in [7, 11) is 0. The number of fused-ring (bicyclic) bond motifs is 2. The number of hydrogen-bond donors (Lipinski definition) is 12. The van der Waals surface area contributed by atoms with Crippen LogP contribution >= 0.6 is 12.3 Å². The van der Waals surface area contributed by atoms with Gasteiger partial charge in [-0.3, -0.25) is 33.8 Å². The first-order valence-corrected chi connectivity index (χ1v) is 21.9. The van der Waals surface area contributed by atoms with E-state index in [9.17, 15) is 74.6 Å². The van der Waals surface area contributed by atoms with Crippen LogP contribution in [0, 0.1) is 11.8 Å². The molecule has 0 aromatic heterocycles. The number of amides is 7. The molecule has 0 bridgehead atoms. The Balaban J connectivity index is 0.0000122. The van der Waals surface area contributed by atoms with Crippen molar-refractivity contribution in [3.8, 4) is 11.5 Å². The predicted molar refractivity (Wildman–Crippen MR) is 225 cm³/mol. The largest absolute Gasteiger partial charge is 1.00 e. The second-order valence-corrected chi connectivity index (χ2v) is 17.0. The third kappa shape index (κ3) is 15.6.